The first kappa shape index (κ1) is 15.6. The van der Waals surface area contributed by atoms with E-state index < -0.39 is 28.1 Å². The van der Waals surface area contributed by atoms with E-state index in [9.17, 15) is 18.3 Å². The number of carbonyl (C=O) groups excluding carboxylic acids is 1. The smallest absolute Gasteiger partial charge is 0.326 e. The third kappa shape index (κ3) is 4.02. The summed E-state index contributed by atoms with van der Waals surface area (Å²) in [5.41, 5.74) is 0.916. The predicted molar refractivity (Wildman–Crippen MR) is 69.0 cm³/mol. The minimum atomic E-state index is -3.89. The van der Waals surface area contributed by atoms with E-state index in [4.69, 9.17) is 0 Å². The van der Waals surface area contributed by atoms with E-state index in [2.05, 4.69) is 9.46 Å². The van der Waals surface area contributed by atoms with E-state index in [-0.39, 0.29) is 4.90 Å². The van der Waals surface area contributed by atoms with E-state index >= 15 is 0 Å². The average molecular weight is 287 g/mol. The van der Waals surface area contributed by atoms with E-state index in [0.717, 1.165) is 12.7 Å². The Morgan fingerprint density at radius 1 is 1.32 bits per heavy atom. The molecule has 0 fully saturated rings. The van der Waals surface area contributed by atoms with Crippen molar-refractivity contribution in [3.8, 4) is 0 Å². The number of ether oxygens (including phenoxy) is 1. The van der Waals surface area contributed by atoms with Crippen LogP contribution in [-0.2, 0) is 19.6 Å². The second kappa shape index (κ2) is 6.14. The van der Waals surface area contributed by atoms with Gasteiger partial charge in [0.05, 0.1) is 18.1 Å². The average Bonchev–Trinajstić information content (AvgIpc) is 2.35. The van der Waals surface area contributed by atoms with E-state index in [0.29, 0.717) is 0 Å². The van der Waals surface area contributed by atoms with Crippen LogP contribution in [0.3, 0.4) is 0 Å². The molecule has 1 aromatic rings. The third-order valence-electron chi connectivity index (χ3n) is 2.55. The van der Waals surface area contributed by atoms with Crippen LogP contribution in [0.5, 0.6) is 0 Å². The molecule has 6 nitrogen and oxygen atoms in total. The molecule has 0 saturated carbocycles. The largest absolute Gasteiger partial charge is 0.468 e. The lowest BCUT2D eigenvalue weighted by atomic mass is 10.2. The molecule has 2 N–H and O–H groups in total. The van der Waals surface area contributed by atoms with Crippen LogP contribution < -0.4 is 4.72 Å². The zero-order valence-electron chi connectivity index (χ0n) is 11.0. The lowest BCUT2D eigenvalue weighted by Crippen LogP contribution is -2.48. The Morgan fingerprint density at radius 2 is 1.84 bits per heavy atom. The number of esters is 1. The van der Waals surface area contributed by atoms with Crippen molar-refractivity contribution in [1.29, 1.82) is 0 Å². The number of benzene rings is 1. The molecular weight excluding hydrogens is 270 g/mol. The standard InChI is InChI=1S/C12H17NO5S/c1-8-4-6-10(7-5-8)19(16,17)13-11(9(2)14)12(15)18-3/h4-7,9,11,13-14H,1-3H3. The van der Waals surface area contributed by atoms with Crippen molar-refractivity contribution in [3.63, 3.8) is 0 Å². The van der Waals surface area contributed by atoms with Gasteiger partial charge in [0.2, 0.25) is 10.0 Å². The summed E-state index contributed by atoms with van der Waals surface area (Å²) in [5, 5.41) is 9.44. The molecule has 0 bridgehead atoms. The number of methoxy groups -OCH3 is 1. The zero-order valence-corrected chi connectivity index (χ0v) is 11.8. The number of rotatable bonds is 5. The van der Waals surface area contributed by atoms with Crippen LogP contribution in [0.1, 0.15) is 12.5 Å². The molecule has 0 radical (unpaired) electrons. The van der Waals surface area contributed by atoms with Crippen LogP contribution >= 0.6 is 0 Å². The summed E-state index contributed by atoms with van der Waals surface area (Å²) < 4.78 is 30.7. The first-order chi connectivity index (χ1) is 8.77. The molecular formula is C12H17NO5S. The number of nitrogens with one attached hydrogen (secondary N) is 1. The molecule has 0 amide bonds. The van der Waals surface area contributed by atoms with Crippen LogP contribution in [0.15, 0.2) is 29.2 Å². The molecule has 0 spiro atoms. The van der Waals surface area contributed by atoms with Crippen LogP contribution in [0.25, 0.3) is 0 Å². The molecule has 106 valence electrons. The second-order valence-corrected chi connectivity index (χ2v) is 5.89. The quantitative estimate of drug-likeness (QED) is 0.754. The van der Waals surface area contributed by atoms with Gasteiger partial charge in [-0.3, -0.25) is 4.79 Å². The lowest BCUT2D eigenvalue weighted by Gasteiger charge is -2.18. The van der Waals surface area contributed by atoms with Gasteiger partial charge in [0, 0.05) is 0 Å². The van der Waals surface area contributed by atoms with Crippen LogP contribution in [0, 0.1) is 6.92 Å². The molecule has 0 heterocycles. The topological polar surface area (TPSA) is 92.7 Å². The Bertz CT molecular complexity index is 536. The van der Waals surface area contributed by atoms with Crippen LogP contribution in [0.2, 0.25) is 0 Å². The number of carbonyl (C=O) groups is 1. The van der Waals surface area contributed by atoms with E-state index in [1.165, 1.54) is 19.1 Å². The Balaban J connectivity index is 3.00. The fraction of sp³-hybridized carbons (Fsp3) is 0.417. The first-order valence-corrected chi connectivity index (χ1v) is 7.11. The summed E-state index contributed by atoms with van der Waals surface area (Å²) in [4.78, 5) is 11.4. The van der Waals surface area contributed by atoms with Crippen molar-refractivity contribution in [3.05, 3.63) is 29.8 Å². The van der Waals surface area contributed by atoms with Gasteiger partial charge in [-0.15, -0.1) is 0 Å². The van der Waals surface area contributed by atoms with Crippen molar-refractivity contribution in [2.45, 2.75) is 30.9 Å². The number of aliphatic hydroxyl groups excluding tert-OH is 1. The lowest BCUT2D eigenvalue weighted by molar-refractivity contribution is -0.145. The number of hydrogen-bond acceptors (Lipinski definition) is 5. The van der Waals surface area contributed by atoms with Gasteiger partial charge in [0.15, 0.2) is 0 Å². The molecule has 1 rings (SSSR count). The van der Waals surface area contributed by atoms with Gasteiger partial charge >= 0.3 is 5.97 Å². The van der Waals surface area contributed by atoms with Crippen molar-refractivity contribution >= 4 is 16.0 Å². The van der Waals surface area contributed by atoms with Gasteiger partial charge in [-0.05, 0) is 26.0 Å². The first-order valence-electron chi connectivity index (χ1n) is 5.63. The number of aliphatic hydroxyl groups is 1. The molecule has 7 heteroatoms. The highest BCUT2D eigenvalue weighted by molar-refractivity contribution is 7.89. The van der Waals surface area contributed by atoms with Gasteiger partial charge in [-0.25, -0.2) is 8.42 Å². The van der Waals surface area contributed by atoms with E-state index in [1.807, 2.05) is 6.92 Å². The Labute approximate surface area is 112 Å². The fourth-order valence-corrected chi connectivity index (χ4v) is 2.68. The normalized spacial score (nSPS) is 14.7. The van der Waals surface area contributed by atoms with Crippen molar-refractivity contribution in [2.75, 3.05) is 7.11 Å². The van der Waals surface area contributed by atoms with Gasteiger partial charge in [-0.1, -0.05) is 17.7 Å². The third-order valence-corrected chi connectivity index (χ3v) is 4.01. The molecule has 0 aliphatic rings. The maximum absolute atomic E-state index is 12.0. The molecule has 0 aliphatic carbocycles. The summed E-state index contributed by atoms with van der Waals surface area (Å²) in [6.07, 6.45) is -1.20. The SMILES string of the molecule is COC(=O)C(NS(=O)(=O)c1ccc(C)cc1)C(C)O. The maximum atomic E-state index is 12.0. The second-order valence-electron chi connectivity index (χ2n) is 4.18. The number of hydrogen-bond donors (Lipinski definition) is 2. The molecule has 19 heavy (non-hydrogen) atoms. The molecule has 0 aromatic heterocycles. The highest BCUT2D eigenvalue weighted by Gasteiger charge is 2.30. The van der Waals surface area contributed by atoms with Gasteiger partial charge in [-0.2, -0.15) is 4.72 Å². The molecule has 2 unspecified atom stereocenters. The monoisotopic (exact) mass is 287 g/mol. The predicted octanol–water partition coefficient (Wildman–Crippen LogP) is 0.196. The van der Waals surface area contributed by atoms with Crippen LogP contribution in [-0.4, -0.2) is 38.7 Å². The Kier molecular flexibility index (Phi) is 5.04. The summed E-state index contributed by atoms with van der Waals surface area (Å²) >= 11 is 0. The highest BCUT2D eigenvalue weighted by atomic mass is 32.2. The minimum Gasteiger partial charge on any atom is -0.468 e. The zero-order chi connectivity index (χ0) is 14.6. The summed E-state index contributed by atoms with van der Waals surface area (Å²) in [7, 11) is -2.76. The van der Waals surface area contributed by atoms with Gasteiger partial charge < -0.3 is 9.84 Å². The molecule has 1 aromatic carbocycles. The Morgan fingerprint density at radius 3 is 2.26 bits per heavy atom. The summed E-state index contributed by atoms with van der Waals surface area (Å²) in [6.45, 7) is 3.14. The maximum Gasteiger partial charge on any atom is 0.326 e. The summed E-state index contributed by atoms with van der Waals surface area (Å²) in [5.74, 6) is -0.842. The fourth-order valence-electron chi connectivity index (χ4n) is 1.42. The highest BCUT2D eigenvalue weighted by Crippen LogP contribution is 2.11. The van der Waals surface area contributed by atoms with Gasteiger partial charge in [0.25, 0.3) is 0 Å². The molecule has 0 saturated heterocycles. The summed E-state index contributed by atoms with van der Waals surface area (Å²) in [6, 6.07) is 4.80. The number of sulfonamides is 1. The molecule has 0 aliphatic heterocycles. The van der Waals surface area contributed by atoms with E-state index in [1.54, 1.807) is 12.1 Å². The number of aryl methyl sites for hydroxylation is 1. The minimum absolute atomic E-state index is 0.0210. The van der Waals surface area contributed by atoms with Crippen molar-refractivity contribution in [1.82, 2.24) is 4.72 Å². The van der Waals surface area contributed by atoms with Crippen molar-refractivity contribution in [2.24, 2.45) is 0 Å². The van der Waals surface area contributed by atoms with Crippen LogP contribution in [0.4, 0.5) is 0 Å². The van der Waals surface area contributed by atoms with Crippen molar-refractivity contribution < 1.29 is 23.1 Å². The molecule has 2 atom stereocenters. The Hall–Kier alpha value is -1.44. The van der Waals surface area contributed by atoms with Gasteiger partial charge in [0.1, 0.15) is 6.04 Å².